The summed E-state index contributed by atoms with van der Waals surface area (Å²) in [7, 11) is 0. The van der Waals surface area contributed by atoms with Crippen molar-refractivity contribution in [3.63, 3.8) is 0 Å². The van der Waals surface area contributed by atoms with Gasteiger partial charge in [0.1, 0.15) is 11.5 Å². The predicted octanol–water partition coefficient (Wildman–Crippen LogP) is 5.78. The van der Waals surface area contributed by atoms with Gasteiger partial charge < -0.3 is 9.47 Å². The highest BCUT2D eigenvalue weighted by atomic mass is 16.5. The zero-order valence-corrected chi connectivity index (χ0v) is 14.0. The van der Waals surface area contributed by atoms with Crippen molar-refractivity contribution in [1.29, 1.82) is 0 Å². The molecule has 3 aromatic rings. The Bertz CT molecular complexity index is 841. The lowest BCUT2D eigenvalue weighted by Crippen LogP contribution is -2.10. The van der Waals surface area contributed by atoms with E-state index in [1.165, 1.54) is 0 Å². The standard InChI is InChI=1S/C22H19NO2/c1-18(17-24-20-13-7-3-8-14-20)22(23-19-11-5-2-6-12-19)25-21-15-9-4-10-16-21/h2-17H,1H3/b18-17+,23-22+. The van der Waals surface area contributed by atoms with E-state index >= 15 is 0 Å². The third-order valence-corrected chi connectivity index (χ3v) is 3.40. The number of rotatable bonds is 5. The van der Waals surface area contributed by atoms with Crippen LogP contribution in [0.2, 0.25) is 0 Å². The third kappa shape index (κ3) is 5.08. The molecule has 0 aromatic heterocycles. The SMILES string of the molecule is CC(=C\Oc1ccccc1)/C(=N\c1ccccc1)Oc1ccccc1. The number of para-hydroxylation sites is 3. The summed E-state index contributed by atoms with van der Waals surface area (Å²) >= 11 is 0. The molecular weight excluding hydrogens is 310 g/mol. The van der Waals surface area contributed by atoms with Crippen LogP contribution in [-0.2, 0) is 0 Å². The van der Waals surface area contributed by atoms with Gasteiger partial charge in [0, 0.05) is 5.57 Å². The second-order valence-corrected chi connectivity index (χ2v) is 5.40. The Balaban J connectivity index is 1.86. The number of benzene rings is 3. The monoisotopic (exact) mass is 329 g/mol. The van der Waals surface area contributed by atoms with E-state index in [1.807, 2.05) is 97.9 Å². The molecule has 0 heterocycles. The van der Waals surface area contributed by atoms with Crippen molar-refractivity contribution in [2.24, 2.45) is 4.99 Å². The summed E-state index contributed by atoms with van der Waals surface area (Å²) in [5.74, 6) is 1.98. The van der Waals surface area contributed by atoms with Gasteiger partial charge in [-0.15, -0.1) is 0 Å². The molecule has 0 radical (unpaired) electrons. The van der Waals surface area contributed by atoms with Crippen molar-refractivity contribution in [2.45, 2.75) is 6.92 Å². The molecule has 0 saturated heterocycles. The first-order valence-corrected chi connectivity index (χ1v) is 8.07. The van der Waals surface area contributed by atoms with Crippen molar-refractivity contribution in [1.82, 2.24) is 0 Å². The Morgan fingerprint density at radius 2 is 1.24 bits per heavy atom. The fourth-order valence-corrected chi connectivity index (χ4v) is 2.12. The number of hydrogen-bond donors (Lipinski definition) is 0. The number of aliphatic imine (C=N–C) groups is 1. The molecule has 124 valence electrons. The summed E-state index contributed by atoms with van der Waals surface area (Å²) < 4.78 is 11.7. The molecule has 3 aromatic carbocycles. The van der Waals surface area contributed by atoms with Crippen LogP contribution in [0.4, 0.5) is 5.69 Å². The van der Waals surface area contributed by atoms with Crippen molar-refractivity contribution in [3.05, 3.63) is 103 Å². The largest absolute Gasteiger partial charge is 0.465 e. The summed E-state index contributed by atoms with van der Waals surface area (Å²) in [6.45, 7) is 1.91. The molecule has 25 heavy (non-hydrogen) atoms. The third-order valence-electron chi connectivity index (χ3n) is 3.40. The van der Waals surface area contributed by atoms with Gasteiger partial charge in [0.2, 0.25) is 5.90 Å². The van der Waals surface area contributed by atoms with Crippen LogP contribution in [-0.4, -0.2) is 5.90 Å². The van der Waals surface area contributed by atoms with Crippen molar-refractivity contribution < 1.29 is 9.47 Å². The Morgan fingerprint density at radius 3 is 1.84 bits per heavy atom. The lowest BCUT2D eigenvalue weighted by atomic mass is 10.3. The Labute approximate surface area is 147 Å². The van der Waals surface area contributed by atoms with Crippen LogP contribution in [0.1, 0.15) is 6.92 Å². The van der Waals surface area contributed by atoms with Crippen molar-refractivity contribution in [3.8, 4) is 11.5 Å². The molecule has 0 atom stereocenters. The highest BCUT2D eigenvalue weighted by Gasteiger charge is 2.07. The van der Waals surface area contributed by atoms with E-state index in [4.69, 9.17) is 9.47 Å². The first-order valence-electron chi connectivity index (χ1n) is 8.07. The highest BCUT2D eigenvalue weighted by molar-refractivity contribution is 5.96. The molecule has 3 rings (SSSR count). The Hall–Kier alpha value is -3.33. The quantitative estimate of drug-likeness (QED) is 0.337. The first kappa shape index (κ1) is 16.5. The number of nitrogens with zero attached hydrogens (tertiary/aromatic N) is 1. The summed E-state index contributed by atoms with van der Waals surface area (Å²) in [6.07, 6.45) is 1.65. The summed E-state index contributed by atoms with van der Waals surface area (Å²) in [5.41, 5.74) is 1.61. The normalized spacial score (nSPS) is 11.9. The van der Waals surface area contributed by atoms with Crippen molar-refractivity contribution >= 4 is 11.6 Å². The van der Waals surface area contributed by atoms with E-state index in [9.17, 15) is 0 Å². The van der Waals surface area contributed by atoms with E-state index in [0.717, 1.165) is 22.8 Å². The van der Waals surface area contributed by atoms with E-state index in [-0.39, 0.29) is 0 Å². The smallest absolute Gasteiger partial charge is 0.225 e. The van der Waals surface area contributed by atoms with Gasteiger partial charge in [-0.2, -0.15) is 0 Å². The molecule has 0 N–H and O–H groups in total. The molecule has 0 saturated carbocycles. The maximum Gasteiger partial charge on any atom is 0.225 e. The molecule has 0 unspecified atom stereocenters. The molecule has 0 aliphatic rings. The average Bonchev–Trinajstić information content (AvgIpc) is 2.68. The number of hydrogen-bond acceptors (Lipinski definition) is 3. The molecule has 0 fully saturated rings. The minimum absolute atomic E-state index is 0.494. The minimum Gasteiger partial charge on any atom is -0.465 e. The molecule has 0 aliphatic carbocycles. The molecule has 3 heteroatoms. The van der Waals surface area contributed by atoms with Gasteiger partial charge in [-0.1, -0.05) is 54.6 Å². The number of ether oxygens (including phenoxy) is 2. The highest BCUT2D eigenvalue weighted by Crippen LogP contribution is 2.18. The molecule has 0 spiro atoms. The van der Waals surface area contributed by atoms with Gasteiger partial charge in [-0.05, 0) is 43.3 Å². The average molecular weight is 329 g/mol. The van der Waals surface area contributed by atoms with Crippen molar-refractivity contribution in [2.75, 3.05) is 0 Å². The van der Waals surface area contributed by atoms with E-state index < -0.39 is 0 Å². The zero-order valence-electron chi connectivity index (χ0n) is 14.0. The molecule has 3 nitrogen and oxygen atoms in total. The summed E-state index contributed by atoms with van der Waals surface area (Å²) in [4.78, 5) is 4.61. The summed E-state index contributed by atoms with van der Waals surface area (Å²) in [5, 5.41) is 0. The molecular formula is C22H19NO2. The first-order chi connectivity index (χ1) is 12.3. The second-order valence-electron chi connectivity index (χ2n) is 5.40. The molecule has 0 aliphatic heterocycles. The van der Waals surface area contributed by atoms with Gasteiger partial charge >= 0.3 is 0 Å². The topological polar surface area (TPSA) is 30.8 Å². The Morgan fingerprint density at radius 1 is 0.720 bits per heavy atom. The van der Waals surface area contributed by atoms with Crippen LogP contribution >= 0.6 is 0 Å². The minimum atomic E-state index is 0.494. The fraction of sp³-hybridized carbons (Fsp3) is 0.0455. The maximum atomic E-state index is 5.97. The van der Waals surface area contributed by atoms with Crippen LogP contribution in [0.25, 0.3) is 0 Å². The van der Waals surface area contributed by atoms with Gasteiger partial charge in [0.15, 0.2) is 0 Å². The second kappa shape index (κ2) is 8.50. The van der Waals surface area contributed by atoms with Crippen LogP contribution in [0.3, 0.4) is 0 Å². The zero-order chi connectivity index (χ0) is 17.3. The lowest BCUT2D eigenvalue weighted by Gasteiger charge is -2.10. The molecule has 0 bridgehead atoms. The molecule has 0 amide bonds. The van der Waals surface area contributed by atoms with Gasteiger partial charge in [0.05, 0.1) is 11.9 Å². The van der Waals surface area contributed by atoms with Crippen LogP contribution in [0.15, 0.2) is 108 Å². The summed E-state index contributed by atoms with van der Waals surface area (Å²) in [6, 6.07) is 28.9. The van der Waals surface area contributed by atoms with Crippen LogP contribution in [0, 0.1) is 0 Å². The fourth-order valence-electron chi connectivity index (χ4n) is 2.12. The van der Waals surface area contributed by atoms with Gasteiger partial charge in [0.25, 0.3) is 0 Å². The van der Waals surface area contributed by atoms with Gasteiger partial charge in [-0.3, -0.25) is 0 Å². The maximum absolute atomic E-state index is 5.97. The Kier molecular flexibility index (Phi) is 5.62. The van der Waals surface area contributed by atoms with Gasteiger partial charge in [-0.25, -0.2) is 4.99 Å². The predicted molar refractivity (Wildman–Crippen MR) is 101 cm³/mol. The van der Waals surface area contributed by atoms with Crippen LogP contribution < -0.4 is 9.47 Å². The van der Waals surface area contributed by atoms with E-state index in [1.54, 1.807) is 6.26 Å². The van der Waals surface area contributed by atoms with Crippen LogP contribution in [0.5, 0.6) is 11.5 Å². The lowest BCUT2D eigenvalue weighted by molar-refractivity contribution is 0.473. The van der Waals surface area contributed by atoms with E-state index in [2.05, 4.69) is 4.99 Å². The van der Waals surface area contributed by atoms with E-state index in [0.29, 0.717) is 5.90 Å².